The predicted octanol–water partition coefficient (Wildman–Crippen LogP) is 1.73. The van der Waals surface area contributed by atoms with Crippen molar-refractivity contribution in [3.63, 3.8) is 0 Å². The number of aromatic nitrogens is 1. The summed E-state index contributed by atoms with van der Waals surface area (Å²) in [7, 11) is 0. The molecule has 0 spiro atoms. The number of hydrogen-bond acceptors (Lipinski definition) is 3. The molecule has 0 aliphatic rings. The quantitative estimate of drug-likeness (QED) is 0.745. The van der Waals surface area contributed by atoms with Crippen LogP contribution in [0.1, 0.15) is 18.4 Å². The molecule has 1 amide bonds. The summed E-state index contributed by atoms with van der Waals surface area (Å²) in [4.78, 5) is 15.1. The third kappa shape index (κ3) is 3.85. The molecule has 0 saturated carbocycles. The molecular weight excluding hydrogens is 184 g/mol. The number of nitrogens with zero attached hydrogens (tertiary/aromatic N) is 1. The molecular formula is C9H12N2OS. The lowest BCUT2D eigenvalue weighted by molar-refractivity contribution is -0.116. The van der Waals surface area contributed by atoms with Crippen molar-refractivity contribution in [2.45, 2.75) is 19.9 Å². The first kappa shape index (κ1) is 9.92. The monoisotopic (exact) mass is 196 g/mol. The number of rotatable bonds is 4. The number of nitrogens with one attached hydrogen (secondary N) is 1. The number of carbonyl (C=O) groups is 1. The zero-order chi connectivity index (χ0) is 9.52. The van der Waals surface area contributed by atoms with E-state index in [0.717, 1.165) is 11.4 Å². The van der Waals surface area contributed by atoms with E-state index in [4.69, 9.17) is 0 Å². The second-order valence-corrected chi connectivity index (χ2v) is 3.43. The first-order valence-electron chi connectivity index (χ1n) is 4.15. The van der Waals surface area contributed by atoms with Gasteiger partial charge in [-0.15, -0.1) is 11.3 Å². The number of allylic oxidation sites excluding steroid dienone is 1. The summed E-state index contributed by atoms with van der Waals surface area (Å²) < 4.78 is 0. The van der Waals surface area contributed by atoms with Gasteiger partial charge in [0, 0.05) is 11.6 Å². The highest BCUT2D eigenvalue weighted by atomic mass is 32.1. The third-order valence-corrected chi connectivity index (χ3v) is 2.18. The maximum Gasteiger partial charge on any atom is 0.244 e. The molecule has 1 aromatic heterocycles. The van der Waals surface area contributed by atoms with Gasteiger partial charge in [0.15, 0.2) is 0 Å². The maximum absolute atomic E-state index is 11.1. The summed E-state index contributed by atoms with van der Waals surface area (Å²) in [5.74, 6) is -0.0583. The van der Waals surface area contributed by atoms with Crippen LogP contribution < -0.4 is 5.32 Å². The van der Waals surface area contributed by atoms with E-state index < -0.39 is 0 Å². The van der Waals surface area contributed by atoms with Gasteiger partial charge in [-0.05, 0) is 12.5 Å². The minimum absolute atomic E-state index is 0.0583. The van der Waals surface area contributed by atoms with Gasteiger partial charge in [-0.1, -0.05) is 13.0 Å². The molecule has 0 saturated heterocycles. The van der Waals surface area contributed by atoms with Gasteiger partial charge >= 0.3 is 0 Å². The molecule has 70 valence electrons. The smallest absolute Gasteiger partial charge is 0.244 e. The molecule has 0 aliphatic carbocycles. The van der Waals surface area contributed by atoms with Gasteiger partial charge in [0.25, 0.3) is 0 Å². The fourth-order valence-electron chi connectivity index (χ4n) is 0.787. The van der Waals surface area contributed by atoms with Crippen molar-refractivity contribution in [2.24, 2.45) is 0 Å². The van der Waals surface area contributed by atoms with Crippen LogP contribution in [0, 0.1) is 0 Å². The Morgan fingerprint density at radius 3 is 3.23 bits per heavy atom. The molecule has 0 unspecified atom stereocenters. The predicted molar refractivity (Wildman–Crippen MR) is 53.4 cm³/mol. The Morgan fingerprint density at radius 1 is 1.77 bits per heavy atom. The molecule has 0 aliphatic heterocycles. The Balaban J connectivity index is 2.27. The summed E-state index contributed by atoms with van der Waals surface area (Å²) in [5, 5.41) is 5.56. The Morgan fingerprint density at radius 2 is 2.62 bits per heavy atom. The van der Waals surface area contributed by atoms with Crippen LogP contribution in [0.4, 0.5) is 0 Å². The van der Waals surface area contributed by atoms with E-state index in [1.54, 1.807) is 12.3 Å². The highest BCUT2D eigenvalue weighted by Crippen LogP contribution is 2.02. The molecule has 1 N–H and O–H groups in total. The molecule has 0 bridgehead atoms. The second-order valence-electron chi connectivity index (χ2n) is 2.45. The van der Waals surface area contributed by atoms with Crippen LogP contribution >= 0.6 is 11.3 Å². The Labute approximate surface area is 81.5 Å². The average molecular weight is 196 g/mol. The Kier molecular flexibility index (Phi) is 4.18. The number of amides is 1. The van der Waals surface area contributed by atoms with Gasteiger partial charge < -0.3 is 5.32 Å². The highest BCUT2D eigenvalue weighted by Gasteiger charge is 1.97. The van der Waals surface area contributed by atoms with Crippen molar-refractivity contribution in [3.05, 3.63) is 28.7 Å². The lowest BCUT2D eigenvalue weighted by Gasteiger charge is -1.96. The summed E-state index contributed by atoms with van der Waals surface area (Å²) in [6, 6.07) is 0. The summed E-state index contributed by atoms with van der Waals surface area (Å²) >= 11 is 1.54. The normalized spacial score (nSPS) is 10.5. The van der Waals surface area contributed by atoms with Crippen molar-refractivity contribution in [2.75, 3.05) is 0 Å². The summed E-state index contributed by atoms with van der Waals surface area (Å²) in [6.45, 7) is 2.51. The molecule has 1 aromatic rings. The van der Waals surface area contributed by atoms with E-state index >= 15 is 0 Å². The van der Waals surface area contributed by atoms with Gasteiger partial charge in [-0.3, -0.25) is 4.79 Å². The third-order valence-electron chi connectivity index (χ3n) is 1.40. The van der Waals surface area contributed by atoms with Crippen molar-refractivity contribution in [3.8, 4) is 0 Å². The number of thiazole rings is 1. The van der Waals surface area contributed by atoms with Crippen molar-refractivity contribution >= 4 is 17.2 Å². The second kappa shape index (κ2) is 5.48. The van der Waals surface area contributed by atoms with Crippen LogP contribution in [0.15, 0.2) is 23.7 Å². The van der Waals surface area contributed by atoms with Gasteiger partial charge in [0.2, 0.25) is 5.91 Å². The van der Waals surface area contributed by atoms with E-state index in [-0.39, 0.29) is 5.91 Å². The average Bonchev–Trinajstić information content (AvgIpc) is 2.64. The maximum atomic E-state index is 11.1. The summed E-state index contributed by atoms with van der Waals surface area (Å²) in [6.07, 6.45) is 5.99. The zero-order valence-corrected chi connectivity index (χ0v) is 8.30. The molecule has 0 radical (unpaired) electrons. The van der Waals surface area contributed by atoms with Gasteiger partial charge in [0.05, 0.1) is 6.54 Å². The van der Waals surface area contributed by atoms with E-state index in [1.807, 2.05) is 18.4 Å². The molecule has 0 aromatic carbocycles. The lowest BCUT2D eigenvalue weighted by atomic mass is 10.4. The standard InChI is InChI=1S/C9H12N2OS/c1-2-3-4-8(12)11-7-9-10-5-6-13-9/h3-6H,2,7H2,1H3,(H,11,12)/b4-3+. The van der Waals surface area contributed by atoms with E-state index in [0.29, 0.717) is 6.54 Å². The Bertz CT molecular complexity index is 280. The van der Waals surface area contributed by atoms with Crippen LogP contribution in [0.2, 0.25) is 0 Å². The fraction of sp³-hybridized carbons (Fsp3) is 0.333. The molecule has 13 heavy (non-hydrogen) atoms. The zero-order valence-electron chi connectivity index (χ0n) is 7.49. The highest BCUT2D eigenvalue weighted by molar-refractivity contribution is 7.09. The first-order chi connectivity index (χ1) is 6.33. The minimum atomic E-state index is -0.0583. The van der Waals surface area contributed by atoms with Gasteiger partial charge in [-0.25, -0.2) is 4.98 Å². The lowest BCUT2D eigenvalue weighted by Crippen LogP contribution is -2.19. The van der Waals surface area contributed by atoms with Crippen molar-refractivity contribution in [1.82, 2.24) is 10.3 Å². The molecule has 0 fully saturated rings. The molecule has 0 atom stereocenters. The summed E-state index contributed by atoms with van der Waals surface area (Å²) in [5.41, 5.74) is 0. The number of hydrogen-bond donors (Lipinski definition) is 1. The largest absolute Gasteiger partial charge is 0.346 e. The first-order valence-corrected chi connectivity index (χ1v) is 5.03. The topological polar surface area (TPSA) is 42.0 Å². The SMILES string of the molecule is CC/C=C/C(=O)NCc1nccs1. The fourth-order valence-corrected chi connectivity index (χ4v) is 1.34. The van der Waals surface area contributed by atoms with Crippen LogP contribution in [0.25, 0.3) is 0 Å². The van der Waals surface area contributed by atoms with Crippen molar-refractivity contribution < 1.29 is 4.79 Å². The van der Waals surface area contributed by atoms with Crippen LogP contribution in [-0.2, 0) is 11.3 Å². The van der Waals surface area contributed by atoms with E-state index in [1.165, 1.54) is 11.3 Å². The van der Waals surface area contributed by atoms with Gasteiger partial charge in [-0.2, -0.15) is 0 Å². The van der Waals surface area contributed by atoms with Crippen LogP contribution in [-0.4, -0.2) is 10.9 Å². The van der Waals surface area contributed by atoms with Crippen LogP contribution in [0.5, 0.6) is 0 Å². The minimum Gasteiger partial charge on any atom is -0.346 e. The van der Waals surface area contributed by atoms with E-state index in [9.17, 15) is 4.79 Å². The number of carbonyl (C=O) groups excluding carboxylic acids is 1. The molecule has 4 heteroatoms. The molecule has 1 heterocycles. The van der Waals surface area contributed by atoms with E-state index in [2.05, 4.69) is 10.3 Å². The molecule has 1 rings (SSSR count). The molecule has 3 nitrogen and oxygen atoms in total. The van der Waals surface area contributed by atoms with Crippen LogP contribution in [0.3, 0.4) is 0 Å². The van der Waals surface area contributed by atoms with Crippen molar-refractivity contribution in [1.29, 1.82) is 0 Å². The van der Waals surface area contributed by atoms with Gasteiger partial charge in [0.1, 0.15) is 5.01 Å². The Hall–Kier alpha value is -1.16.